The summed E-state index contributed by atoms with van der Waals surface area (Å²) in [6, 6.07) is 5.42. The normalized spacial score (nSPS) is 13.6. The predicted molar refractivity (Wildman–Crippen MR) is 84.2 cm³/mol. The summed E-state index contributed by atoms with van der Waals surface area (Å²) in [5.74, 6) is 0. The Balaban J connectivity index is 2.39. The molecule has 1 heterocycles. The third kappa shape index (κ3) is 3.76. The minimum atomic E-state index is -0.601. The maximum absolute atomic E-state index is 9.98. The van der Waals surface area contributed by atoms with Gasteiger partial charge in [0.25, 0.3) is 0 Å². The number of hydrogen-bond acceptors (Lipinski definition) is 5. The van der Waals surface area contributed by atoms with Gasteiger partial charge in [-0.1, -0.05) is 6.07 Å². The molecule has 6 nitrogen and oxygen atoms in total. The van der Waals surface area contributed by atoms with Crippen molar-refractivity contribution in [2.24, 2.45) is 4.99 Å². The number of aliphatic hydroxyl groups is 2. The molecule has 2 aromatic rings. The quantitative estimate of drug-likeness (QED) is 0.639. The fourth-order valence-electron chi connectivity index (χ4n) is 2.02. The first-order valence-corrected chi connectivity index (χ1v) is 7.79. The summed E-state index contributed by atoms with van der Waals surface area (Å²) in [5, 5.41) is 22.4. The molecule has 1 atom stereocenters. The van der Waals surface area contributed by atoms with Crippen LogP contribution < -0.4 is 10.9 Å². The molecule has 1 aromatic carbocycles. The summed E-state index contributed by atoms with van der Waals surface area (Å²) < 4.78 is 1.89. The molecule has 0 fully saturated rings. The molecule has 0 spiro atoms. The highest BCUT2D eigenvalue weighted by molar-refractivity contribution is 7.97. The van der Waals surface area contributed by atoms with Crippen molar-refractivity contribution < 1.29 is 10.2 Å². The molecule has 21 heavy (non-hydrogen) atoms. The molecule has 0 aliphatic carbocycles. The van der Waals surface area contributed by atoms with E-state index in [9.17, 15) is 10.2 Å². The molecule has 0 saturated carbocycles. The minimum absolute atomic E-state index is 0.126. The molecule has 1 unspecified atom stereocenters. The highest BCUT2D eigenvalue weighted by Gasteiger charge is 2.09. The molecule has 0 amide bonds. The van der Waals surface area contributed by atoms with E-state index in [-0.39, 0.29) is 6.61 Å². The number of imidazole rings is 1. The molecule has 0 aliphatic rings. The van der Waals surface area contributed by atoms with Crippen molar-refractivity contribution in [3.8, 4) is 0 Å². The molecule has 0 saturated heterocycles. The number of aliphatic hydroxyl groups excluding tert-OH is 2. The van der Waals surface area contributed by atoms with Gasteiger partial charge >= 0.3 is 0 Å². The van der Waals surface area contributed by atoms with Crippen molar-refractivity contribution in [2.45, 2.75) is 12.7 Å². The molecule has 7 heteroatoms. The summed E-state index contributed by atoms with van der Waals surface area (Å²) >= 11 is 1.53. The Labute approximate surface area is 127 Å². The van der Waals surface area contributed by atoms with E-state index in [1.807, 2.05) is 28.6 Å². The zero-order valence-electron chi connectivity index (χ0n) is 12.1. The number of nitrogens with one attached hydrogen (secondary N) is 2. The molecule has 114 valence electrons. The topological polar surface area (TPSA) is 85.6 Å². The standard InChI is InChI=1S/C14H20N4O2S/c1-15-8-13(20)10-3-4-12(11(7-10)9-19)17-14-16-5-6-18(14)21-2/h3-7,13,15,19-20H,8-9H2,1-2H3,(H,16,17). The lowest BCUT2D eigenvalue weighted by Gasteiger charge is -2.12. The van der Waals surface area contributed by atoms with Gasteiger partial charge in [0, 0.05) is 30.8 Å². The highest BCUT2D eigenvalue weighted by Crippen LogP contribution is 2.23. The number of H-pyrrole nitrogens is 1. The maximum Gasteiger partial charge on any atom is 0.217 e. The minimum Gasteiger partial charge on any atom is -0.392 e. The van der Waals surface area contributed by atoms with Crippen molar-refractivity contribution in [3.05, 3.63) is 47.3 Å². The van der Waals surface area contributed by atoms with Gasteiger partial charge in [0.1, 0.15) is 0 Å². The van der Waals surface area contributed by atoms with Gasteiger partial charge in [-0.05, 0) is 36.7 Å². The van der Waals surface area contributed by atoms with Crippen LogP contribution in [0, 0.1) is 0 Å². The van der Waals surface area contributed by atoms with Crippen LogP contribution in [0.15, 0.2) is 35.6 Å². The van der Waals surface area contributed by atoms with Gasteiger partial charge in [0.2, 0.25) is 5.62 Å². The van der Waals surface area contributed by atoms with Gasteiger partial charge in [-0.3, -0.25) is 3.97 Å². The van der Waals surface area contributed by atoms with Crippen molar-refractivity contribution in [3.63, 3.8) is 0 Å². The van der Waals surface area contributed by atoms with Crippen molar-refractivity contribution >= 4 is 17.6 Å². The molecular weight excluding hydrogens is 288 g/mol. The third-order valence-electron chi connectivity index (χ3n) is 3.11. The zero-order chi connectivity index (χ0) is 15.2. The number of aromatic amines is 1. The fourth-order valence-corrected chi connectivity index (χ4v) is 2.47. The monoisotopic (exact) mass is 308 g/mol. The zero-order valence-corrected chi connectivity index (χ0v) is 12.9. The second-order valence-corrected chi connectivity index (χ2v) is 5.28. The first-order chi connectivity index (χ1) is 10.2. The van der Waals surface area contributed by atoms with Crippen LogP contribution in [-0.4, -0.2) is 39.0 Å². The van der Waals surface area contributed by atoms with Crippen LogP contribution in [0.25, 0.3) is 0 Å². The Bertz CT molecular complexity index is 650. The van der Waals surface area contributed by atoms with E-state index in [1.54, 1.807) is 19.3 Å². The fraction of sp³-hybridized carbons (Fsp3) is 0.357. The van der Waals surface area contributed by atoms with Gasteiger partial charge in [0.05, 0.1) is 18.4 Å². The molecule has 0 aliphatic heterocycles. The van der Waals surface area contributed by atoms with Crippen molar-refractivity contribution in [1.82, 2.24) is 14.3 Å². The summed E-state index contributed by atoms with van der Waals surface area (Å²) in [6.07, 6.45) is 5.04. The lowest BCUT2D eigenvalue weighted by molar-refractivity contribution is 0.177. The average Bonchev–Trinajstić information content (AvgIpc) is 2.95. The first kappa shape index (κ1) is 15.8. The second kappa shape index (κ2) is 7.46. The van der Waals surface area contributed by atoms with E-state index in [2.05, 4.69) is 15.3 Å². The van der Waals surface area contributed by atoms with Gasteiger partial charge in [-0.2, -0.15) is 0 Å². The van der Waals surface area contributed by atoms with E-state index in [0.29, 0.717) is 23.4 Å². The van der Waals surface area contributed by atoms with E-state index < -0.39 is 6.10 Å². The Kier molecular flexibility index (Phi) is 5.63. The predicted octanol–water partition coefficient (Wildman–Crippen LogP) is 0.920. The maximum atomic E-state index is 9.98. The van der Waals surface area contributed by atoms with Gasteiger partial charge in [-0.25, -0.2) is 4.99 Å². The number of hydrogen-bond donors (Lipinski definition) is 4. The summed E-state index contributed by atoms with van der Waals surface area (Å²) in [5.41, 5.74) is 2.82. The molecule has 4 N–H and O–H groups in total. The largest absolute Gasteiger partial charge is 0.392 e. The molecule has 1 aromatic heterocycles. The van der Waals surface area contributed by atoms with Crippen LogP contribution in [0.4, 0.5) is 5.69 Å². The number of rotatable bonds is 6. The van der Waals surface area contributed by atoms with Crippen LogP contribution in [0.2, 0.25) is 0 Å². The van der Waals surface area contributed by atoms with E-state index >= 15 is 0 Å². The average molecular weight is 308 g/mol. The van der Waals surface area contributed by atoms with Crippen LogP contribution in [0.1, 0.15) is 17.2 Å². The number of aromatic nitrogens is 2. The van der Waals surface area contributed by atoms with Gasteiger partial charge in [-0.15, -0.1) is 0 Å². The highest BCUT2D eigenvalue weighted by atomic mass is 32.2. The molecule has 0 radical (unpaired) electrons. The van der Waals surface area contributed by atoms with Crippen LogP contribution in [-0.2, 0) is 6.61 Å². The van der Waals surface area contributed by atoms with E-state index in [4.69, 9.17) is 0 Å². The smallest absolute Gasteiger partial charge is 0.217 e. The molecule has 2 rings (SSSR count). The Morgan fingerprint density at radius 3 is 2.95 bits per heavy atom. The van der Waals surface area contributed by atoms with Crippen LogP contribution in [0.5, 0.6) is 0 Å². The molecule has 0 bridgehead atoms. The Morgan fingerprint density at radius 2 is 2.29 bits per heavy atom. The van der Waals surface area contributed by atoms with Crippen LogP contribution in [0.3, 0.4) is 0 Å². The van der Waals surface area contributed by atoms with Gasteiger partial charge in [0.15, 0.2) is 0 Å². The van der Waals surface area contributed by atoms with Crippen LogP contribution >= 0.6 is 11.9 Å². The number of benzene rings is 1. The van der Waals surface area contributed by atoms with Crippen molar-refractivity contribution in [2.75, 3.05) is 19.8 Å². The Hall–Kier alpha value is -1.54. The SMILES string of the molecule is CNCC(O)c1ccc(/N=c2\[nH]ccn2SC)c(CO)c1. The third-order valence-corrected chi connectivity index (χ3v) is 3.80. The van der Waals surface area contributed by atoms with E-state index in [0.717, 1.165) is 5.56 Å². The van der Waals surface area contributed by atoms with E-state index in [1.165, 1.54) is 11.9 Å². The number of nitrogens with zero attached hydrogens (tertiary/aromatic N) is 2. The summed E-state index contributed by atoms with van der Waals surface area (Å²) in [6.45, 7) is 0.337. The Morgan fingerprint density at radius 1 is 1.48 bits per heavy atom. The summed E-state index contributed by atoms with van der Waals surface area (Å²) in [4.78, 5) is 7.57. The van der Waals surface area contributed by atoms with Crippen molar-refractivity contribution in [1.29, 1.82) is 0 Å². The lowest BCUT2D eigenvalue weighted by atomic mass is 10.0. The van der Waals surface area contributed by atoms with Gasteiger partial charge < -0.3 is 20.5 Å². The number of likely N-dealkylation sites (N-methyl/N-ethyl adjacent to an activating group) is 1. The summed E-state index contributed by atoms with van der Waals surface area (Å²) in [7, 11) is 1.78. The first-order valence-electron chi connectivity index (χ1n) is 6.61. The lowest BCUT2D eigenvalue weighted by Crippen LogP contribution is -2.17. The molecular formula is C14H20N4O2S. The second-order valence-electron chi connectivity index (χ2n) is 4.52.